The minimum Gasteiger partial charge on any atom is -0.468 e. The molecule has 0 atom stereocenters. The van der Waals surface area contributed by atoms with Gasteiger partial charge >= 0.3 is 7.12 Å². The maximum absolute atomic E-state index is 9.00. The van der Waals surface area contributed by atoms with Gasteiger partial charge in [0.15, 0.2) is 6.79 Å². The molecule has 1 rings (SSSR count). The van der Waals surface area contributed by atoms with Gasteiger partial charge in [-0.25, -0.2) is 0 Å². The molecule has 0 heterocycles. The summed E-state index contributed by atoms with van der Waals surface area (Å²) in [4.78, 5) is 0. The molecule has 2 N–H and O–H groups in total. The van der Waals surface area contributed by atoms with Gasteiger partial charge in [-0.2, -0.15) is 0 Å². The molecule has 1 aromatic carbocycles. The Bertz CT molecular complexity index is 314. The van der Waals surface area contributed by atoms with Gasteiger partial charge < -0.3 is 19.5 Å². The van der Waals surface area contributed by atoms with Gasteiger partial charge in [-0.3, -0.25) is 0 Å². The first-order chi connectivity index (χ1) is 7.15. The fraction of sp³-hybridized carbons (Fsp3) is 0.400. The van der Waals surface area contributed by atoms with E-state index >= 15 is 0 Å². The Morgan fingerprint density at radius 2 is 2.07 bits per heavy atom. The highest BCUT2D eigenvalue weighted by Crippen LogP contribution is 2.11. The van der Waals surface area contributed by atoms with E-state index in [2.05, 4.69) is 0 Å². The first-order valence-electron chi connectivity index (χ1n) is 4.82. The molecule has 0 spiro atoms. The summed E-state index contributed by atoms with van der Waals surface area (Å²) in [5.41, 5.74) is 1.26. The van der Waals surface area contributed by atoms with Crippen molar-refractivity contribution in [3.05, 3.63) is 23.8 Å². The van der Waals surface area contributed by atoms with Crippen LogP contribution in [-0.2, 0) is 4.74 Å². The monoisotopic (exact) mass is 210 g/mol. The molecule has 5 heteroatoms. The van der Waals surface area contributed by atoms with Crippen molar-refractivity contribution in [1.29, 1.82) is 0 Å². The Balaban J connectivity index is 2.65. The Morgan fingerprint density at radius 3 is 2.60 bits per heavy atom. The lowest BCUT2D eigenvalue weighted by molar-refractivity contribution is 0.0224. The molecule has 0 aliphatic rings. The van der Waals surface area contributed by atoms with Crippen LogP contribution in [0, 0.1) is 6.92 Å². The first-order valence-corrected chi connectivity index (χ1v) is 4.82. The van der Waals surface area contributed by atoms with Crippen LogP contribution in [0.4, 0.5) is 0 Å². The third-order valence-corrected chi connectivity index (χ3v) is 2.03. The van der Waals surface area contributed by atoms with Crippen molar-refractivity contribution in [1.82, 2.24) is 0 Å². The summed E-state index contributed by atoms with van der Waals surface area (Å²) >= 11 is 0. The molecule has 15 heavy (non-hydrogen) atoms. The molecule has 0 aromatic heterocycles. The van der Waals surface area contributed by atoms with Gasteiger partial charge in [-0.15, -0.1) is 0 Å². The van der Waals surface area contributed by atoms with Crippen LogP contribution < -0.4 is 10.2 Å². The average Bonchev–Trinajstić information content (AvgIpc) is 2.17. The number of aryl methyl sites for hydroxylation is 1. The molecule has 0 aliphatic carbocycles. The van der Waals surface area contributed by atoms with Crippen molar-refractivity contribution in [3.8, 4) is 5.75 Å². The smallest absolute Gasteiger partial charge is 0.468 e. The van der Waals surface area contributed by atoms with Crippen molar-refractivity contribution < 1.29 is 19.5 Å². The maximum atomic E-state index is 9.00. The predicted molar refractivity (Wildman–Crippen MR) is 58.1 cm³/mol. The summed E-state index contributed by atoms with van der Waals surface area (Å²) in [6.07, 6.45) is 0. The van der Waals surface area contributed by atoms with E-state index in [0.29, 0.717) is 17.8 Å². The van der Waals surface area contributed by atoms with Crippen molar-refractivity contribution in [2.45, 2.75) is 13.8 Å². The first kappa shape index (κ1) is 12.0. The van der Waals surface area contributed by atoms with Gasteiger partial charge in [0, 0.05) is 6.61 Å². The van der Waals surface area contributed by atoms with Crippen LogP contribution >= 0.6 is 0 Å². The molecule has 0 saturated heterocycles. The summed E-state index contributed by atoms with van der Waals surface area (Å²) < 4.78 is 10.3. The number of rotatable bonds is 5. The molecular formula is C10H15BO4. The summed E-state index contributed by atoms with van der Waals surface area (Å²) in [6.45, 7) is 4.49. The SMILES string of the molecule is CCOCOc1ccc(B(O)O)c(C)c1. The zero-order chi connectivity index (χ0) is 11.3. The molecule has 0 fully saturated rings. The van der Waals surface area contributed by atoms with E-state index in [1.165, 1.54) is 0 Å². The van der Waals surface area contributed by atoms with E-state index < -0.39 is 7.12 Å². The zero-order valence-corrected chi connectivity index (χ0v) is 8.93. The van der Waals surface area contributed by atoms with Crippen LogP contribution in [0.1, 0.15) is 12.5 Å². The molecule has 0 radical (unpaired) electrons. The van der Waals surface area contributed by atoms with Gasteiger partial charge in [0.05, 0.1) is 0 Å². The normalized spacial score (nSPS) is 10.1. The third-order valence-electron chi connectivity index (χ3n) is 2.03. The Kier molecular flexibility index (Phi) is 4.61. The molecule has 1 aromatic rings. The van der Waals surface area contributed by atoms with Gasteiger partial charge in [0.1, 0.15) is 5.75 Å². The highest BCUT2D eigenvalue weighted by molar-refractivity contribution is 6.59. The van der Waals surface area contributed by atoms with Crippen molar-refractivity contribution in [3.63, 3.8) is 0 Å². The van der Waals surface area contributed by atoms with E-state index in [9.17, 15) is 0 Å². The van der Waals surface area contributed by atoms with Crippen LogP contribution in [-0.4, -0.2) is 30.6 Å². The largest absolute Gasteiger partial charge is 0.488 e. The van der Waals surface area contributed by atoms with Crippen LogP contribution in [0.25, 0.3) is 0 Å². The molecule has 0 bridgehead atoms. The summed E-state index contributed by atoms with van der Waals surface area (Å²) in [5, 5.41) is 18.0. The molecular weight excluding hydrogens is 195 g/mol. The van der Waals surface area contributed by atoms with Crippen molar-refractivity contribution in [2.75, 3.05) is 13.4 Å². The quantitative estimate of drug-likeness (QED) is 0.409. The van der Waals surface area contributed by atoms with E-state index in [4.69, 9.17) is 19.5 Å². The van der Waals surface area contributed by atoms with E-state index in [1.54, 1.807) is 25.1 Å². The second-order valence-electron chi connectivity index (χ2n) is 3.15. The van der Waals surface area contributed by atoms with Crippen LogP contribution in [0.5, 0.6) is 5.75 Å². The molecule has 0 unspecified atom stereocenters. The van der Waals surface area contributed by atoms with Gasteiger partial charge in [0.25, 0.3) is 0 Å². The molecule has 0 saturated carbocycles. The van der Waals surface area contributed by atoms with Gasteiger partial charge in [-0.1, -0.05) is 6.07 Å². The molecule has 0 amide bonds. The summed E-state index contributed by atoms with van der Waals surface area (Å²) in [7, 11) is -1.44. The molecule has 82 valence electrons. The number of hydrogen-bond donors (Lipinski definition) is 2. The lowest BCUT2D eigenvalue weighted by Gasteiger charge is -2.09. The van der Waals surface area contributed by atoms with Crippen LogP contribution in [0.3, 0.4) is 0 Å². The highest BCUT2D eigenvalue weighted by atomic mass is 16.7. The lowest BCUT2D eigenvalue weighted by atomic mass is 9.77. The molecule has 4 nitrogen and oxygen atoms in total. The topological polar surface area (TPSA) is 58.9 Å². The Labute approximate surface area is 89.6 Å². The Morgan fingerprint density at radius 1 is 1.33 bits per heavy atom. The number of ether oxygens (including phenoxy) is 2. The van der Waals surface area contributed by atoms with Gasteiger partial charge in [-0.05, 0) is 37.0 Å². The fourth-order valence-electron chi connectivity index (χ4n) is 1.22. The molecule has 0 aliphatic heterocycles. The lowest BCUT2D eigenvalue weighted by Crippen LogP contribution is -2.31. The van der Waals surface area contributed by atoms with E-state index in [1.807, 2.05) is 6.92 Å². The van der Waals surface area contributed by atoms with Crippen molar-refractivity contribution in [2.24, 2.45) is 0 Å². The van der Waals surface area contributed by atoms with Crippen LogP contribution in [0.15, 0.2) is 18.2 Å². The summed E-state index contributed by atoms with van der Waals surface area (Å²) in [6, 6.07) is 5.05. The van der Waals surface area contributed by atoms with Crippen molar-refractivity contribution >= 4 is 12.6 Å². The summed E-state index contributed by atoms with van der Waals surface area (Å²) in [5.74, 6) is 0.658. The average molecular weight is 210 g/mol. The number of benzene rings is 1. The van der Waals surface area contributed by atoms with Crippen LogP contribution in [0.2, 0.25) is 0 Å². The third kappa shape index (κ3) is 3.55. The van der Waals surface area contributed by atoms with E-state index in [-0.39, 0.29) is 6.79 Å². The number of hydrogen-bond acceptors (Lipinski definition) is 4. The predicted octanol–water partition coefficient (Wildman–Crippen LogP) is 0.0476. The minimum absolute atomic E-state index is 0.205. The van der Waals surface area contributed by atoms with E-state index in [0.717, 1.165) is 5.56 Å². The minimum atomic E-state index is -1.44. The van der Waals surface area contributed by atoms with Gasteiger partial charge in [0.2, 0.25) is 0 Å². The highest BCUT2D eigenvalue weighted by Gasteiger charge is 2.13. The Hall–Kier alpha value is -1.04. The maximum Gasteiger partial charge on any atom is 0.488 e. The second kappa shape index (κ2) is 5.75. The standard InChI is InChI=1S/C10H15BO4/c1-3-14-7-15-9-4-5-10(11(12)13)8(2)6-9/h4-6,12-13H,3,7H2,1-2H3. The second-order valence-corrected chi connectivity index (χ2v) is 3.15. The fourth-order valence-corrected chi connectivity index (χ4v) is 1.22. The zero-order valence-electron chi connectivity index (χ0n) is 8.93.